The zero-order valence-corrected chi connectivity index (χ0v) is 16.4. The molecule has 0 fully saturated rings. The van der Waals surface area contributed by atoms with E-state index in [1.807, 2.05) is 36.4 Å². The summed E-state index contributed by atoms with van der Waals surface area (Å²) >= 11 is 12.2. The van der Waals surface area contributed by atoms with Gasteiger partial charge in [-0.1, -0.05) is 77.8 Å². The smallest absolute Gasteiger partial charge is 0.0722 e. The molecule has 5 rings (SSSR count). The molecule has 4 aromatic carbocycles. The number of pyridine rings is 1. The van der Waals surface area contributed by atoms with Gasteiger partial charge in [0.25, 0.3) is 0 Å². The summed E-state index contributed by atoms with van der Waals surface area (Å²) in [6.45, 7) is 0. The zero-order valence-electron chi connectivity index (χ0n) is 14.9. The summed E-state index contributed by atoms with van der Waals surface area (Å²) in [5.41, 5.74) is 5.18. The molecule has 134 valence electrons. The highest BCUT2D eigenvalue weighted by atomic mass is 35.5. The van der Waals surface area contributed by atoms with Crippen LogP contribution in [0.3, 0.4) is 0 Å². The Hall–Kier alpha value is -2.87. The molecule has 0 saturated carbocycles. The number of fused-ring (bicyclic) bond motifs is 3. The van der Waals surface area contributed by atoms with Gasteiger partial charge >= 0.3 is 0 Å². The molecule has 0 saturated heterocycles. The van der Waals surface area contributed by atoms with E-state index in [1.54, 1.807) is 0 Å². The number of nitrogens with zero attached hydrogens (tertiary/aromatic N) is 1. The van der Waals surface area contributed by atoms with Crippen molar-refractivity contribution >= 4 is 44.9 Å². The van der Waals surface area contributed by atoms with Crippen LogP contribution in [0.2, 0.25) is 10.0 Å². The quantitative estimate of drug-likeness (QED) is 0.273. The fraction of sp³-hybridized carbons (Fsp3) is 0. The van der Waals surface area contributed by atoms with E-state index >= 15 is 0 Å². The normalized spacial score (nSPS) is 11.2. The maximum absolute atomic E-state index is 6.13. The summed E-state index contributed by atoms with van der Waals surface area (Å²) in [5, 5.41) is 4.99. The summed E-state index contributed by atoms with van der Waals surface area (Å²) in [6.07, 6.45) is 0. The first kappa shape index (κ1) is 17.2. The van der Waals surface area contributed by atoms with Crippen molar-refractivity contribution in [1.82, 2.24) is 4.98 Å². The lowest BCUT2D eigenvalue weighted by atomic mass is 9.94. The molecule has 0 aliphatic heterocycles. The first-order valence-corrected chi connectivity index (χ1v) is 9.79. The highest BCUT2D eigenvalue weighted by Gasteiger charge is 2.12. The molecule has 0 bridgehead atoms. The molecule has 0 radical (unpaired) electrons. The van der Waals surface area contributed by atoms with Gasteiger partial charge in [0.1, 0.15) is 0 Å². The van der Waals surface area contributed by atoms with Crippen LogP contribution < -0.4 is 0 Å². The van der Waals surface area contributed by atoms with Crippen LogP contribution in [0.1, 0.15) is 0 Å². The van der Waals surface area contributed by atoms with Gasteiger partial charge in [-0.05, 0) is 58.3 Å². The summed E-state index contributed by atoms with van der Waals surface area (Å²) in [5.74, 6) is 0. The van der Waals surface area contributed by atoms with E-state index in [1.165, 1.54) is 10.8 Å². The number of benzene rings is 4. The topological polar surface area (TPSA) is 12.9 Å². The monoisotopic (exact) mass is 399 g/mol. The zero-order chi connectivity index (χ0) is 19.1. The lowest BCUT2D eigenvalue weighted by Gasteiger charge is -2.13. The highest BCUT2D eigenvalue weighted by molar-refractivity contribution is 6.31. The molecule has 0 atom stereocenters. The summed E-state index contributed by atoms with van der Waals surface area (Å²) in [4.78, 5) is 4.96. The van der Waals surface area contributed by atoms with E-state index in [2.05, 4.69) is 54.6 Å². The number of hydrogen-bond donors (Lipinski definition) is 0. The Morgan fingerprint density at radius 2 is 1.25 bits per heavy atom. The average Bonchev–Trinajstić information content (AvgIpc) is 2.74. The first-order valence-electron chi connectivity index (χ1n) is 9.03. The Morgan fingerprint density at radius 3 is 1.96 bits per heavy atom. The van der Waals surface area contributed by atoms with Gasteiger partial charge in [-0.2, -0.15) is 0 Å². The summed E-state index contributed by atoms with van der Waals surface area (Å²) in [6, 6.07) is 30.6. The second kappa shape index (κ2) is 6.94. The fourth-order valence-electron chi connectivity index (χ4n) is 3.63. The van der Waals surface area contributed by atoms with Crippen molar-refractivity contribution in [3.8, 4) is 22.4 Å². The maximum Gasteiger partial charge on any atom is 0.0722 e. The van der Waals surface area contributed by atoms with Crippen molar-refractivity contribution < 1.29 is 0 Å². The molecule has 0 aliphatic carbocycles. The fourth-order valence-corrected chi connectivity index (χ4v) is 3.88. The van der Waals surface area contributed by atoms with Crippen molar-refractivity contribution in [3.63, 3.8) is 0 Å². The van der Waals surface area contributed by atoms with Gasteiger partial charge in [-0.15, -0.1) is 0 Å². The predicted molar refractivity (Wildman–Crippen MR) is 120 cm³/mol. The Morgan fingerprint density at radius 1 is 0.607 bits per heavy atom. The Bertz CT molecular complexity index is 1310. The molecule has 0 N–H and O–H groups in total. The molecule has 1 aromatic heterocycles. The number of hydrogen-bond acceptors (Lipinski definition) is 1. The molecule has 0 spiro atoms. The van der Waals surface area contributed by atoms with Gasteiger partial charge in [-0.25, -0.2) is 4.98 Å². The van der Waals surface area contributed by atoms with Crippen LogP contribution in [-0.2, 0) is 0 Å². The third-order valence-corrected chi connectivity index (χ3v) is 5.50. The van der Waals surface area contributed by atoms with Crippen LogP contribution in [0.15, 0.2) is 91.0 Å². The lowest BCUT2D eigenvalue weighted by Crippen LogP contribution is -1.91. The third-order valence-electron chi connectivity index (χ3n) is 4.99. The molecule has 3 heteroatoms. The van der Waals surface area contributed by atoms with Crippen molar-refractivity contribution in [2.24, 2.45) is 0 Å². The summed E-state index contributed by atoms with van der Waals surface area (Å²) in [7, 11) is 0. The van der Waals surface area contributed by atoms with Gasteiger partial charge in [-0.3, -0.25) is 0 Å². The number of aromatic nitrogens is 1. The molecule has 0 unspecified atom stereocenters. The van der Waals surface area contributed by atoms with E-state index in [0.29, 0.717) is 5.02 Å². The second-order valence-corrected chi connectivity index (χ2v) is 7.62. The molecule has 1 nitrogen and oxygen atoms in total. The van der Waals surface area contributed by atoms with E-state index in [0.717, 1.165) is 38.3 Å². The molecule has 1 heterocycles. The van der Waals surface area contributed by atoms with Crippen molar-refractivity contribution in [2.45, 2.75) is 0 Å². The second-order valence-electron chi connectivity index (χ2n) is 6.75. The lowest BCUT2D eigenvalue weighted by molar-refractivity contribution is 1.40. The molecular formula is C25H15Cl2N. The van der Waals surface area contributed by atoms with E-state index in [9.17, 15) is 0 Å². The largest absolute Gasteiger partial charge is 0.248 e. The minimum Gasteiger partial charge on any atom is -0.248 e. The first-order chi connectivity index (χ1) is 13.7. The molecular weight excluding hydrogens is 385 g/mol. The van der Waals surface area contributed by atoms with Crippen molar-refractivity contribution in [2.75, 3.05) is 0 Å². The minimum absolute atomic E-state index is 0.716. The van der Waals surface area contributed by atoms with Crippen LogP contribution in [-0.4, -0.2) is 4.98 Å². The van der Waals surface area contributed by atoms with Crippen LogP contribution in [0.4, 0.5) is 0 Å². The van der Waals surface area contributed by atoms with Crippen LogP contribution in [0.25, 0.3) is 44.1 Å². The van der Waals surface area contributed by atoms with E-state index < -0.39 is 0 Å². The molecule has 5 aromatic rings. The van der Waals surface area contributed by atoms with Crippen molar-refractivity contribution in [3.05, 3.63) is 101 Å². The Kier molecular flexibility index (Phi) is 4.27. The average molecular weight is 400 g/mol. The minimum atomic E-state index is 0.716. The highest BCUT2D eigenvalue weighted by Crippen LogP contribution is 2.37. The van der Waals surface area contributed by atoms with Crippen molar-refractivity contribution in [1.29, 1.82) is 0 Å². The standard InChI is InChI=1S/C25H15Cl2N/c26-19-10-5-17(6-11-19)22-15-24(18-7-12-20(27)13-8-18)28-23-14-9-16-3-1-2-4-21(16)25(22)23/h1-15H. The number of halogens is 2. The summed E-state index contributed by atoms with van der Waals surface area (Å²) < 4.78 is 0. The SMILES string of the molecule is Clc1ccc(-c2cc(-c3ccc(Cl)cc3)c3c(ccc4ccccc43)n2)cc1. The van der Waals surface area contributed by atoms with Crippen LogP contribution >= 0.6 is 23.2 Å². The van der Waals surface area contributed by atoms with Gasteiger partial charge in [0.2, 0.25) is 0 Å². The molecule has 28 heavy (non-hydrogen) atoms. The molecule has 0 aliphatic rings. The third kappa shape index (κ3) is 3.03. The Balaban J connectivity index is 1.87. The van der Waals surface area contributed by atoms with E-state index in [4.69, 9.17) is 28.2 Å². The van der Waals surface area contributed by atoms with E-state index in [-0.39, 0.29) is 0 Å². The van der Waals surface area contributed by atoms with Crippen LogP contribution in [0.5, 0.6) is 0 Å². The predicted octanol–water partition coefficient (Wildman–Crippen LogP) is 8.03. The maximum atomic E-state index is 6.13. The van der Waals surface area contributed by atoms with Crippen LogP contribution in [0, 0.1) is 0 Å². The Labute approximate surface area is 173 Å². The van der Waals surface area contributed by atoms with Gasteiger partial charge < -0.3 is 0 Å². The van der Waals surface area contributed by atoms with Gasteiger partial charge in [0.05, 0.1) is 11.2 Å². The van der Waals surface area contributed by atoms with Gasteiger partial charge in [0.15, 0.2) is 0 Å². The van der Waals surface area contributed by atoms with Gasteiger partial charge in [0, 0.05) is 21.0 Å². The number of rotatable bonds is 2. The molecule has 0 amide bonds.